The first kappa shape index (κ1) is 18.4. The van der Waals surface area contributed by atoms with Crippen molar-refractivity contribution < 1.29 is 34.3 Å². The molecule has 5 atom stereocenters. The Morgan fingerprint density at radius 1 is 1.35 bits per heavy atom. The monoisotopic (exact) mass is 333 g/mol. The molecular formula is C15H27NO7. The Morgan fingerprint density at radius 2 is 1.96 bits per heavy atom. The highest BCUT2D eigenvalue weighted by Crippen LogP contribution is 2.38. The summed E-state index contributed by atoms with van der Waals surface area (Å²) in [5.74, 6) is -0.836. The number of hydrogen-bond donors (Lipinski definition) is 3. The van der Waals surface area contributed by atoms with E-state index in [-0.39, 0.29) is 6.54 Å². The fraction of sp³-hybridized carbons (Fsp3) is 0.933. The van der Waals surface area contributed by atoms with Crippen molar-refractivity contribution in [3.63, 3.8) is 0 Å². The zero-order chi connectivity index (χ0) is 17.6. The maximum Gasteiger partial charge on any atom is 0.410 e. The Balaban J connectivity index is 2.23. The van der Waals surface area contributed by atoms with Gasteiger partial charge in [-0.1, -0.05) is 0 Å². The smallest absolute Gasteiger partial charge is 0.410 e. The minimum absolute atomic E-state index is 0.183. The van der Waals surface area contributed by atoms with Crippen molar-refractivity contribution in [1.29, 1.82) is 0 Å². The van der Waals surface area contributed by atoms with E-state index in [1.807, 2.05) is 0 Å². The minimum atomic E-state index is -1.39. The summed E-state index contributed by atoms with van der Waals surface area (Å²) in [6, 6.07) is -0.862. The van der Waals surface area contributed by atoms with Gasteiger partial charge in [-0.3, -0.25) is 4.90 Å². The summed E-state index contributed by atoms with van der Waals surface area (Å²) < 4.78 is 16.9. The summed E-state index contributed by atoms with van der Waals surface area (Å²) in [6.07, 6.45) is -4.42. The third kappa shape index (κ3) is 3.95. The van der Waals surface area contributed by atoms with Gasteiger partial charge in [-0.05, 0) is 34.6 Å². The van der Waals surface area contributed by atoms with Gasteiger partial charge in [-0.25, -0.2) is 4.79 Å². The van der Waals surface area contributed by atoms with Crippen LogP contribution in [0.15, 0.2) is 0 Å². The Labute approximate surface area is 135 Å². The summed E-state index contributed by atoms with van der Waals surface area (Å²) in [4.78, 5) is 13.7. The number of aliphatic hydroxyl groups is 3. The average Bonchev–Trinajstić information content (AvgIpc) is 2.86. The van der Waals surface area contributed by atoms with E-state index in [0.29, 0.717) is 0 Å². The molecule has 2 rings (SSSR count). The average molecular weight is 333 g/mol. The van der Waals surface area contributed by atoms with Gasteiger partial charge in [0.2, 0.25) is 0 Å². The molecule has 8 heteroatoms. The van der Waals surface area contributed by atoms with Gasteiger partial charge in [0, 0.05) is 0 Å². The van der Waals surface area contributed by atoms with Crippen LogP contribution in [0.25, 0.3) is 0 Å². The molecular weight excluding hydrogens is 306 g/mol. The highest BCUT2D eigenvalue weighted by atomic mass is 16.8. The zero-order valence-corrected chi connectivity index (χ0v) is 14.2. The SMILES string of the molecule is CC(C)(C)OC(=O)N1C[C@@H]2OC(C)(C)O[C@@H]2[C@H]1[C@H](O)[C@@H](O)CO. The molecule has 0 radical (unpaired) electrons. The highest BCUT2D eigenvalue weighted by molar-refractivity contribution is 5.69. The lowest BCUT2D eigenvalue weighted by Crippen LogP contribution is -2.54. The number of ether oxygens (including phenoxy) is 3. The minimum Gasteiger partial charge on any atom is -0.444 e. The van der Waals surface area contributed by atoms with E-state index in [4.69, 9.17) is 19.3 Å². The van der Waals surface area contributed by atoms with E-state index >= 15 is 0 Å². The zero-order valence-electron chi connectivity index (χ0n) is 14.2. The number of carbonyl (C=O) groups excluding carboxylic acids is 1. The Hall–Kier alpha value is -0.930. The van der Waals surface area contributed by atoms with E-state index in [1.165, 1.54) is 4.90 Å². The Kier molecular flexibility index (Phi) is 4.94. The molecule has 8 nitrogen and oxygen atoms in total. The van der Waals surface area contributed by atoms with Gasteiger partial charge in [0.25, 0.3) is 0 Å². The van der Waals surface area contributed by atoms with Gasteiger partial charge in [0.05, 0.1) is 19.2 Å². The normalized spacial score (nSPS) is 32.5. The van der Waals surface area contributed by atoms with Crippen LogP contribution in [0.3, 0.4) is 0 Å². The van der Waals surface area contributed by atoms with E-state index in [0.717, 1.165) is 0 Å². The number of fused-ring (bicyclic) bond motifs is 1. The van der Waals surface area contributed by atoms with Crippen molar-refractivity contribution in [1.82, 2.24) is 4.90 Å². The van der Waals surface area contributed by atoms with Crippen LogP contribution < -0.4 is 0 Å². The molecule has 134 valence electrons. The molecule has 2 fully saturated rings. The summed E-state index contributed by atoms with van der Waals surface area (Å²) in [5.41, 5.74) is -0.694. The van der Waals surface area contributed by atoms with Crippen LogP contribution in [0.4, 0.5) is 4.79 Å². The summed E-state index contributed by atoms with van der Waals surface area (Å²) in [5, 5.41) is 29.3. The van der Waals surface area contributed by atoms with Gasteiger partial charge < -0.3 is 29.5 Å². The van der Waals surface area contributed by atoms with Gasteiger partial charge >= 0.3 is 6.09 Å². The second-order valence-electron chi connectivity index (χ2n) is 7.50. The maximum atomic E-state index is 12.4. The predicted octanol–water partition coefficient (Wildman–Crippen LogP) is -0.160. The molecule has 0 aliphatic carbocycles. The molecule has 0 saturated carbocycles. The van der Waals surface area contributed by atoms with Crippen LogP contribution in [0.5, 0.6) is 0 Å². The number of aliphatic hydroxyl groups excluding tert-OH is 3. The highest BCUT2D eigenvalue weighted by Gasteiger charge is 2.57. The fourth-order valence-corrected chi connectivity index (χ4v) is 3.02. The number of carbonyl (C=O) groups is 1. The number of rotatable bonds is 3. The topological polar surface area (TPSA) is 109 Å². The quantitative estimate of drug-likeness (QED) is 0.658. The molecule has 2 saturated heterocycles. The van der Waals surface area contributed by atoms with Crippen LogP contribution in [0.2, 0.25) is 0 Å². The fourth-order valence-electron chi connectivity index (χ4n) is 3.02. The van der Waals surface area contributed by atoms with Gasteiger partial charge in [-0.15, -0.1) is 0 Å². The van der Waals surface area contributed by atoms with Crippen LogP contribution >= 0.6 is 0 Å². The van der Waals surface area contributed by atoms with E-state index in [2.05, 4.69) is 0 Å². The summed E-state index contributed by atoms with van der Waals surface area (Å²) in [6.45, 7) is 8.28. The van der Waals surface area contributed by atoms with Gasteiger partial charge in [-0.2, -0.15) is 0 Å². The molecule has 1 amide bonds. The number of nitrogens with zero attached hydrogens (tertiary/aromatic N) is 1. The van der Waals surface area contributed by atoms with Crippen LogP contribution in [-0.2, 0) is 14.2 Å². The first-order chi connectivity index (χ1) is 10.4. The summed E-state index contributed by atoms with van der Waals surface area (Å²) >= 11 is 0. The van der Waals surface area contributed by atoms with E-state index < -0.39 is 54.5 Å². The van der Waals surface area contributed by atoms with Crippen molar-refractivity contribution in [3.05, 3.63) is 0 Å². The van der Waals surface area contributed by atoms with E-state index in [1.54, 1.807) is 34.6 Å². The molecule has 0 spiro atoms. The molecule has 2 heterocycles. The van der Waals surface area contributed by atoms with Crippen molar-refractivity contribution in [3.8, 4) is 0 Å². The van der Waals surface area contributed by atoms with Crippen LogP contribution in [-0.4, -0.2) is 81.3 Å². The molecule has 0 aromatic heterocycles. The second-order valence-corrected chi connectivity index (χ2v) is 7.50. The predicted molar refractivity (Wildman–Crippen MR) is 79.7 cm³/mol. The Bertz CT molecular complexity index is 448. The van der Waals surface area contributed by atoms with Crippen molar-refractivity contribution in [2.75, 3.05) is 13.2 Å². The first-order valence-electron chi connectivity index (χ1n) is 7.77. The van der Waals surface area contributed by atoms with Crippen molar-refractivity contribution in [2.45, 2.75) is 76.5 Å². The maximum absolute atomic E-state index is 12.4. The van der Waals surface area contributed by atoms with E-state index in [9.17, 15) is 15.0 Å². The lowest BCUT2D eigenvalue weighted by atomic mass is 10.0. The number of amides is 1. The van der Waals surface area contributed by atoms with Crippen molar-refractivity contribution >= 4 is 6.09 Å². The van der Waals surface area contributed by atoms with Crippen molar-refractivity contribution in [2.24, 2.45) is 0 Å². The molecule has 3 N–H and O–H groups in total. The molecule has 2 aliphatic heterocycles. The molecule has 2 aliphatic rings. The molecule has 23 heavy (non-hydrogen) atoms. The number of hydrogen-bond acceptors (Lipinski definition) is 7. The Morgan fingerprint density at radius 3 is 2.48 bits per heavy atom. The lowest BCUT2D eigenvalue weighted by molar-refractivity contribution is -0.171. The third-order valence-electron chi connectivity index (χ3n) is 3.85. The first-order valence-corrected chi connectivity index (χ1v) is 7.77. The molecule has 0 aromatic carbocycles. The van der Waals surface area contributed by atoms with Crippen LogP contribution in [0, 0.1) is 0 Å². The second kappa shape index (κ2) is 6.18. The lowest BCUT2D eigenvalue weighted by Gasteiger charge is -2.35. The molecule has 0 aromatic rings. The number of likely N-dealkylation sites (tertiary alicyclic amines) is 1. The molecule has 0 unspecified atom stereocenters. The van der Waals surface area contributed by atoms with Gasteiger partial charge in [0.15, 0.2) is 5.79 Å². The summed E-state index contributed by atoms with van der Waals surface area (Å²) in [7, 11) is 0. The largest absolute Gasteiger partial charge is 0.444 e. The molecule has 0 bridgehead atoms. The standard InChI is InChI=1S/C15H27NO7/c1-14(2,3)23-13(20)16-6-9-12(22-15(4,5)21-9)10(16)11(19)8(18)7-17/h8-12,17-19H,6-7H2,1-5H3/t8-,9-,10+,11+,12-/m0/s1. The third-order valence-corrected chi connectivity index (χ3v) is 3.85. The van der Waals surface area contributed by atoms with Gasteiger partial charge in [0.1, 0.15) is 30.0 Å². The van der Waals surface area contributed by atoms with Crippen LogP contribution in [0.1, 0.15) is 34.6 Å².